The first-order valence-electron chi connectivity index (χ1n) is 6.08. The Bertz CT molecular complexity index is 739. The molecule has 0 aliphatic rings. The minimum absolute atomic E-state index is 0.0780. The molecule has 1 unspecified atom stereocenters. The summed E-state index contributed by atoms with van der Waals surface area (Å²) in [5, 5.41) is 10.9. The largest absolute Gasteiger partial charge is 0.587 e. The lowest BCUT2D eigenvalue weighted by Gasteiger charge is -2.11. The van der Waals surface area contributed by atoms with Crippen molar-refractivity contribution in [3.05, 3.63) is 65.3 Å². The lowest BCUT2D eigenvalue weighted by atomic mass is 10.2. The van der Waals surface area contributed by atoms with Crippen LogP contribution in [0.5, 0.6) is 0 Å². The van der Waals surface area contributed by atoms with Crippen LogP contribution in [0, 0.1) is 0 Å². The molecular formula is C15H12ClNO2S. The molecule has 1 heterocycles. The standard InChI is InChI=1S/C15H12ClNO2S/c16-12-5-7-13(8-6-12)20(19)17-9-11(10-18)14-3-1-2-4-15(14)17/h1-9,18H,10H2. The van der Waals surface area contributed by atoms with Gasteiger partial charge < -0.3 is 9.66 Å². The molecule has 0 fully saturated rings. The van der Waals surface area contributed by atoms with Gasteiger partial charge in [-0.2, -0.15) is 3.97 Å². The van der Waals surface area contributed by atoms with Crippen LogP contribution in [0.1, 0.15) is 5.56 Å². The first kappa shape index (κ1) is 13.5. The van der Waals surface area contributed by atoms with Crippen LogP contribution >= 0.6 is 11.6 Å². The van der Waals surface area contributed by atoms with Crippen LogP contribution in [0.25, 0.3) is 10.9 Å². The number of fused-ring (bicyclic) bond motifs is 1. The Kier molecular flexibility index (Phi) is 3.72. The Morgan fingerprint density at radius 1 is 1.10 bits per heavy atom. The topological polar surface area (TPSA) is 48.2 Å². The minimum atomic E-state index is -1.36. The number of halogens is 1. The second-order valence-electron chi connectivity index (χ2n) is 4.36. The van der Waals surface area contributed by atoms with Gasteiger partial charge in [0.15, 0.2) is 4.90 Å². The van der Waals surface area contributed by atoms with E-state index in [9.17, 15) is 9.66 Å². The molecular weight excluding hydrogens is 294 g/mol. The maximum absolute atomic E-state index is 12.7. The normalized spacial score (nSPS) is 12.8. The van der Waals surface area contributed by atoms with Crippen LogP contribution in [0.3, 0.4) is 0 Å². The molecule has 1 N–H and O–H groups in total. The van der Waals surface area contributed by atoms with E-state index in [0.29, 0.717) is 9.92 Å². The zero-order valence-corrected chi connectivity index (χ0v) is 12.1. The summed E-state index contributed by atoms with van der Waals surface area (Å²) in [7, 11) is 0. The fourth-order valence-corrected chi connectivity index (χ4v) is 3.43. The third-order valence-corrected chi connectivity index (χ3v) is 4.71. The molecule has 2 aromatic carbocycles. The third-order valence-electron chi connectivity index (χ3n) is 3.12. The zero-order chi connectivity index (χ0) is 14.1. The van der Waals surface area contributed by atoms with E-state index in [1.807, 2.05) is 24.3 Å². The number of aliphatic hydroxyl groups is 1. The average Bonchev–Trinajstić information content (AvgIpc) is 2.86. The summed E-state index contributed by atoms with van der Waals surface area (Å²) < 4.78 is 14.3. The molecule has 0 amide bonds. The third kappa shape index (κ3) is 2.31. The molecule has 3 rings (SSSR count). The van der Waals surface area contributed by atoms with Gasteiger partial charge in [0, 0.05) is 16.0 Å². The van der Waals surface area contributed by atoms with Crippen LogP contribution in [0.15, 0.2) is 59.6 Å². The second-order valence-corrected chi connectivity index (χ2v) is 6.16. The van der Waals surface area contributed by atoms with Gasteiger partial charge in [0.05, 0.1) is 18.3 Å². The lowest BCUT2D eigenvalue weighted by molar-refractivity contribution is 0.283. The van der Waals surface area contributed by atoms with Crippen molar-refractivity contribution < 1.29 is 9.66 Å². The van der Waals surface area contributed by atoms with Crippen molar-refractivity contribution in [3.63, 3.8) is 0 Å². The summed E-state index contributed by atoms with van der Waals surface area (Å²) in [4.78, 5) is 0.666. The van der Waals surface area contributed by atoms with Crippen LogP contribution in [0.2, 0.25) is 5.02 Å². The number of para-hydroxylation sites is 1. The Balaban J connectivity index is 2.11. The highest BCUT2D eigenvalue weighted by Crippen LogP contribution is 2.26. The number of aliphatic hydroxyl groups excluding tert-OH is 1. The van der Waals surface area contributed by atoms with Crippen molar-refractivity contribution >= 4 is 33.9 Å². The van der Waals surface area contributed by atoms with Crippen molar-refractivity contribution in [2.45, 2.75) is 11.5 Å². The molecule has 0 bridgehead atoms. The van der Waals surface area contributed by atoms with E-state index in [0.717, 1.165) is 16.5 Å². The maximum Gasteiger partial charge on any atom is 0.180 e. The first-order valence-corrected chi connectivity index (χ1v) is 7.57. The lowest BCUT2D eigenvalue weighted by Crippen LogP contribution is -2.11. The zero-order valence-electron chi connectivity index (χ0n) is 10.5. The van der Waals surface area contributed by atoms with E-state index >= 15 is 0 Å². The van der Waals surface area contributed by atoms with Crippen LogP contribution in [-0.2, 0) is 18.0 Å². The highest BCUT2D eigenvalue weighted by Gasteiger charge is 2.19. The Morgan fingerprint density at radius 3 is 2.50 bits per heavy atom. The van der Waals surface area contributed by atoms with Gasteiger partial charge in [-0.15, -0.1) is 0 Å². The maximum atomic E-state index is 12.7. The van der Waals surface area contributed by atoms with E-state index in [4.69, 9.17) is 11.6 Å². The predicted molar refractivity (Wildman–Crippen MR) is 81.1 cm³/mol. The molecule has 0 saturated carbocycles. The minimum Gasteiger partial charge on any atom is -0.587 e. The molecule has 20 heavy (non-hydrogen) atoms. The highest BCUT2D eigenvalue weighted by atomic mass is 35.5. The van der Waals surface area contributed by atoms with E-state index < -0.39 is 11.4 Å². The number of aromatic nitrogens is 1. The van der Waals surface area contributed by atoms with E-state index in [1.54, 1.807) is 34.4 Å². The van der Waals surface area contributed by atoms with Crippen molar-refractivity contribution in [1.29, 1.82) is 0 Å². The summed E-state index contributed by atoms with van der Waals surface area (Å²) in [5.74, 6) is 0. The molecule has 0 spiro atoms. The molecule has 3 aromatic rings. The summed E-state index contributed by atoms with van der Waals surface area (Å²) in [6, 6.07) is 14.5. The predicted octanol–water partition coefficient (Wildman–Crippen LogP) is 3.36. The molecule has 0 radical (unpaired) electrons. The Morgan fingerprint density at radius 2 is 1.80 bits per heavy atom. The fourth-order valence-electron chi connectivity index (χ4n) is 2.15. The molecule has 0 saturated heterocycles. The van der Waals surface area contributed by atoms with Crippen LogP contribution < -0.4 is 0 Å². The van der Waals surface area contributed by atoms with E-state index in [-0.39, 0.29) is 6.61 Å². The average molecular weight is 306 g/mol. The monoisotopic (exact) mass is 305 g/mol. The van der Waals surface area contributed by atoms with E-state index in [1.165, 1.54) is 0 Å². The van der Waals surface area contributed by atoms with Gasteiger partial charge in [0.2, 0.25) is 0 Å². The molecule has 3 nitrogen and oxygen atoms in total. The van der Waals surface area contributed by atoms with Gasteiger partial charge in [-0.05, 0) is 30.3 Å². The molecule has 0 aliphatic carbocycles. The van der Waals surface area contributed by atoms with Gasteiger partial charge >= 0.3 is 0 Å². The highest BCUT2D eigenvalue weighted by molar-refractivity contribution is 7.90. The van der Waals surface area contributed by atoms with Gasteiger partial charge in [0.25, 0.3) is 0 Å². The molecule has 5 heteroatoms. The van der Waals surface area contributed by atoms with Crippen molar-refractivity contribution in [2.24, 2.45) is 0 Å². The Hall–Kier alpha value is -1.46. The summed E-state index contributed by atoms with van der Waals surface area (Å²) >= 11 is 4.48. The van der Waals surface area contributed by atoms with Crippen molar-refractivity contribution in [3.8, 4) is 0 Å². The number of hydrogen-bond acceptors (Lipinski definition) is 2. The quantitative estimate of drug-likeness (QED) is 0.754. The van der Waals surface area contributed by atoms with Crippen LogP contribution in [-0.4, -0.2) is 13.6 Å². The SMILES string of the molecule is [O-][S+](c1ccc(Cl)cc1)n1cc(CO)c2ccccc21. The van der Waals surface area contributed by atoms with Crippen molar-refractivity contribution in [2.75, 3.05) is 0 Å². The molecule has 102 valence electrons. The Labute approximate surface area is 124 Å². The van der Waals surface area contributed by atoms with E-state index in [2.05, 4.69) is 0 Å². The van der Waals surface area contributed by atoms with Gasteiger partial charge in [-0.25, -0.2) is 0 Å². The van der Waals surface area contributed by atoms with Gasteiger partial charge in [-0.3, -0.25) is 0 Å². The number of rotatable bonds is 3. The summed E-state index contributed by atoms with van der Waals surface area (Å²) in [5.41, 5.74) is 1.60. The van der Waals surface area contributed by atoms with Gasteiger partial charge in [0.1, 0.15) is 11.4 Å². The molecule has 1 aromatic heterocycles. The first-order chi connectivity index (χ1) is 9.70. The number of nitrogens with zero attached hydrogens (tertiary/aromatic N) is 1. The number of hydrogen-bond donors (Lipinski definition) is 1. The number of benzene rings is 2. The molecule has 0 aliphatic heterocycles. The molecule has 1 atom stereocenters. The van der Waals surface area contributed by atoms with Gasteiger partial charge in [-0.1, -0.05) is 29.8 Å². The fraction of sp³-hybridized carbons (Fsp3) is 0.0667. The van der Waals surface area contributed by atoms with Crippen molar-refractivity contribution in [1.82, 2.24) is 3.97 Å². The summed E-state index contributed by atoms with van der Waals surface area (Å²) in [6.07, 6.45) is 1.73. The summed E-state index contributed by atoms with van der Waals surface area (Å²) in [6.45, 7) is -0.0780. The van der Waals surface area contributed by atoms with Crippen LogP contribution in [0.4, 0.5) is 0 Å². The smallest absolute Gasteiger partial charge is 0.180 e. The second kappa shape index (κ2) is 5.50.